The second kappa shape index (κ2) is 9.54. The molecule has 0 saturated carbocycles. The Morgan fingerprint density at radius 3 is 2.00 bits per heavy atom. The Morgan fingerprint density at radius 1 is 0.417 bits per heavy atom. The highest BCUT2D eigenvalue weighted by Gasteiger charge is 2.23. The zero-order chi connectivity index (χ0) is 31.3. The second-order valence-electron chi connectivity index (χ2n) is 12.7. The van der Waals surface area contributed by atoms with Crippen LogP contribution in [0.5, 0.6) is 0 Å². The van der Waals surface area contributed by atoms with Gasteiger partial charge in [0.05, 0.1) is 16.7 Å². The normalized spacial score (nSPS) is 12.2. The average molecular weight is 611 g/mol. The molecule has 3 heterocycles. The molecule has 48 heavy (non-hydrogen) atoms. The molecule has 0 unspecified atom stereocenters. The maximum atomic E-state index is 6.11. The van der Waals surface area contributed by atoms with Crippen LogP contribution in [0.3, 0.4) is 0 Å². The molecule has 3 nitrogen and oxygen atoms in total. The van der Waals surface area contributed by atoms with Crippen LogP contribution in [0.25, 0.3) is 105 Å². The van der Waals surface area contributed by atoms with Crippen LogP contribution in [-0.2, 0) is 0 Å². The van der Waals surface area contributed by atoms with E-state index in [4.69, 9.17) is 9.40 Å². The molecular formula is C45H26N2O. The largest absolute Gasteiger partial charge is 0.456 e. The van der Waals surface area contributed by atoms with Crippen LogP contribution in [0, 0.1) is 0 Å². The standard InChI is InChI=1S/C45H26N2O/c1-2-12-32-31(11-1)35-15-8-16-36-44(35)39(32)26-46-45(36)29-9-7-10-30(23-29)47-40-17-5-3-13-33(40)37-24-27(19-21-41(37)47)28-20-22-43-38(25-28)34-14-4-6-18-42(34)48-43/h1-26H. The SMILES string of the molecule is c1cc(-c2ncc3c4c(cccc24)-c2ccccc2-3)cc(-n2c3ccccc3c3cc(-c4ccc5oc6ccccc6c5c4)ccc32)c1. The zero-order valence-electron chi connectivity index (χ0n) is 25.8. The summed E-state index contributed by atoms with van der Waals surface area (Å²) in [5.74, 6) is 0. The lowest BCUT2D eigenvalue weighted by molar-refractivity contribution is 0.669. The van der Waals surface area contributed by atoms with E-state index in [1.807, 2.05) is 12.1 Å². The van der Waals surface area contributed by atoms with Crippen molar-refractivity contribution in [3.8, 4) is 50.3 Å². The molecule has 0 aliphatic heterocycles. The number of para-hydroxylation sites is 2. The van der Waals surface area contributed by atoms with E-state index in [0.717, 1.165) is 38.9 Å². The number of furan rings is 1. The molecule has 0 amide bonds. The number of rotatable bonds is 3. The molecule has 7 aromatic carbocycles. The first-order valence-corrected chi connectivity index (χ1v) is 16.4. The number of hydrogen-bond donors (Lipinski definition) is 0. The van der Waals surface area contributed by atoms with Crippen molar-refractivity contribution in [2.24, 2.45) is 0 Å². The summed E-state index contributed by atoms with van der Waals surface area (Å²) < 4.78 is 8.50. The van der Waals surface area contributed by atoms with E-state index in [0.29, 0.717) is 0 Å². The van der Waals surface area contributed by atoms with Gasteiger partial charge in [0.15, 0.2) is 0 Å². The minimum Gasteiger partial charge on any atom is -0.456 e. The third-order valence-electron chi connectivity index (χ3n) is 10.2. The molecule has 1 aliphatic rings. The van der Waals surface area contributed by atoms with Crippen molar-refractivity contribution in [1.29, 1.82) is 0 Å². The third-order valence-corrected chi connectivity index (χ3v) is 10.2. The topological polar surface area (TPSA) is 31.0 Å². The van der Waals surface area contributed by atoms with Gasteiger partial charge in [0, 0.05) is 55.3 Å². The lowest BCUT2D eigenvalue weighted by atomic mass is 9.99. The minimum absolute atomic E-state index is 0.914. The first-order chi connectivity index (χ1) is 23.8. The highest BCUT2D eigenvalue weighted by molar-refractivity contribution is 6.18. The van der Waals surface area contributed by atoms with Crippen LogP contribution >= 0.6 is 0 Å². The summed E-state index contributed by atoms with van der Waals surface area (Å²) in [4.78, 5) is 5.09. The molecule has 10 aromatic rings. The molecule has 0 atom stereocenters. The molecule has 0 radical (unpaired) electrons. The summed E-state index contributed by atoms with van der Waals surface area (Å²) in [5.41, 5.74) is 14.8. The molecule has 0 saturated heterocycles. The lowest BCUT2D eigenvalue weighted by Crippen LogP contribution is -1.95. The van der Waals surface area contributed by atoms with E-state index in [-0.39, 0.29) is 0 Å². The van der Waals surface area contributed by atoms with Crippen LogP contribution in [0.4, 0.5) is 0 Å². The fourth-order valence-corrected chi connectivity index (χ4v) is 8.04. The molecule has 0 bridgehead atoms. The van der Waals surface area contributed by atoms with Crippen LogP contribution in [0.2, 0.25) is 0 Å². The monoisotopic (exact) mass is 610 g/mol. The number of benzene rings is 7. The molecule has 11 rings (SSSR count). The van der Waals surface area contributed by atoms with Gasteiger partial charge >= 0.3 is 0 Å². The highest BCUT2D eigenvalue weighted by Crippen LogP contribution is 2.48. The Hall–Kier alpha value is -6.45. The predicted molar refractivity (Wildman–Crippen MR) is 199 cm³/mol. The Balaban J connectivity index is 1.08. The van der Waals surface area contributed by atoms with Crippen LogP contribution in [0.1, 0.15) is 0 Å². The van der Waals surface area contributed by atoms with Gasteiger partial charge < -0.3 is 8.98 Å². The summed E-state index contributed by atoms with van der Waals surface area (Å²) in [6.07, 6.45) is 2.06. The van der Waals surface area contributed by atoms with Gasteiger partial charge in [0.25, 0.3) is 0 Å². The molecule has 3 aromatic heterocycles. The summed E-state index contributed by atoms with van der Waals surface area (Å²) in [6.45, 7) is 0. The zero-order valence-corrected chi connectivity index (χ0v) is 25.8. The van der Waals surface area contributed by atoms with Gasteiger partial charge in [-0.3, -0.25) is 4.98 Å². The van der Waals surface area contributed by atoms with Crippen molar-refractivity contribution in [2.45, 2.75) is 0 Å². The molecular weight excluding hydrogens is 585 g/mol. The number of fused-ring (bicyclic) bond motifs is 9. The van der Waals surface area contributed by atoms with E-state index in [1.165, 1.54) is 66.0 Å². The maximum absolute atomic E-state index is 6.11. The molecule has 0 spiro atoms. The van der Waals surface area contributed by atoms with Crippen LogP contribution < -0.4 is 0 Å². The summed E-state index contributed by atoms with van der Waals surface area (Å²) in [6, 6.07) is 54.4. The van der Waals surface area contributed by atoms with Crippen molar-refractivity contribution in [3.05, 3.63) is 158 Å². The van der Waals surface area contributed by atoms with Crippen LogP contribution in [-0.4, -0.2) is 9.55 Å². The minimum atomic E-state index is 0.914. The quantitative estimate of drug-likeness (QED) is 0.199. The molecule has 1 aliphatic carbocycles. The van der Waals surface area contributed by atoms with Crippen molar-refractivity contribution in [3.63, 3.8) is 0 Å². The first kappa shape index (κ1) is 25.7. The molecule has 0 N–H and O–H groups in total. The van der Waals surface area contributed by atoms with Gasteiger partial charge in [-0.2, -0.15) is 0 Å². The number of aromatic nitrogens is 2. The van der Waals surface area contributed by atoms with E-state index < -0.39 is 0 Å². The smallest absolute Gasteiger partial charge is 0.135 e. The van der Waals surface area contributed by atoms with Gasteiger partial charge in [-0.1, -0.05) is 103 Å². The first-order valence-electron chi connectivity index (χ1n) is 16.4. The number of pyridine rings is 1. The fourth-order valence-electron chi connectivity index (χ4n) is 8.04. The van der Waals surface area contributed by atoms with Gasteiger partial charge in [-0.25, -0.2) is 0 Å². The van der Waals surface area contributed by atoms with E-state index in [9.17, 15) is 0 Å². The van der Waals surface area contributed by atoms with E-state index in [1.54, 1.807) is 0 Å². The maximum Gasteiger partial charge on any atom is 0.135 e. The third kappa shape index (κ3) is 3.50. The average Bonchev–Trinajstić information content (AvgIpc) is 3.80. The Morgan fingerprint density at radius 2 is 1.08 bits per heavy atom. The van der Waals surface area contributed by atoms with Crippen molar-refractivity contribution < 1.29 is 4.42 Å². The van der Waals surface area contributed by atoms with E-state index >= 15 is 0 Å². The van der Waals surface area contributed by atoms with Gasteiger partial charge in [-0.05, 0) is 76.3 Å². The summed E-state index contributed by atoms with van der Waals surface area (Å²) in [5, 5.41) is 7.23. The Labute approximate surface area is 275 Å². The second-order valence-corrected chi connectivity index (χ2v) is 12.7. The van der Waals surface area contributed by atoms with Crippen molar-refractivity contribution >= 4 is 54.5 Å². The summed E-state index contributed by atoms with van der Waals surface area (Å²) in [7, 11) is 0. The lowest BCUT2D eigenvalue weighted by Gasteiger charge is -2.12. The van der Waals surface area contributed by atoms with Gasteiger partial charge in [-0.15, -0.1) is 0 Å². The van der Waals surface area contributed by atoms with Gasteiger partial charge in [0.1, 0.15) is 11.2 Å². The van der Waals surface area contributed by atoms with Gasteiger partial charge in [0.2, 0.25) is 0 Å². The fraction of sp³-hybridized carbons (Fsp3) is 0. The van der Waals surface area contributed by atoms with Crippen molar-refractivity contribution in [1.82, 2.24) is 9.55 Å². The van der Waals surface area contributed by atoms with Crippen molar-refractivity contribution in [2.75, 3.05) is 0 Å². The number of nitrogens with zero attached hydrogens (tertiary/aromatic N) is 2. The molecule has 0 fully saturated rings. The number of hydrogen-bond acceptors (Lipinski definition) is 2. The van der Waals surface area contributed by atoms with E-state index in [2.05, 4.69) is 150 Å². The van der Waals surface area contributed by atoms with Crippen LogP contribution in [0.15, 0.2) is 162 Å². The Kier molecular flexibility index (Phi) is 5.11. The summed E-state index contributed by atoms with van der Waals surface area (Å²) >= 11 is 0. The predicted octanol–water partition coefficient (Wildman–Crippen LogP) is 12.2. The Bertz CT molecular complexity index is 2930. The molecule has 3 heteroatoms. The molecule has 222 valence electrons. The highest BCUT2D eigenvalue weighted by atomic mass is 16.3.